The van der Waals surface area contributed by atoms with Gasteiger partial charge < -0.3 is 9.63 Å². The van der Waals surface area contributed by atoms with Crippen LogP contribution >= 0.6 is 0 Å². The number of aliphatic hydroxyl groups excluding tert-OH is 1. The van der Waals surface area contributed by atoms with Crippen molar-refractivity contribution in [3.8, 4) is 0 Å². The van der Waals surface area contributed by atoms with Crippen molar-refractivity contribution in [3.05, 3.63) is 30.2 Å². The topological polar surface area (TPSA) is 83.5 Å². The van der Waals surface area contributed by atoms with Gasteiger partial charge in [0.05, 0.1) is 19.2 Å². The minimum Gasteiger partial charge on any atom is -0.390 e. The van der Waals surface area contributed by atoms with Crippen molar-refractivity contribution >= 4 is 0 Å². The molecule has 0 aliphatic carbocycles. The first-order valence-corrected chi connectivity index (χ1v) is 7.97. The number of likely N-dealkylation sites (tertiary alicyclic amines) is 1. The lowest BCUT2D eigenvalue weighted by atomic mass is 10.2. The lowest BCUT2D eigenvalue weighted by molar-refractivity contribution is 0.101. The molecule has 1 aliphatic rings. The van der Waals surface area contributed by atoms with E-state index < -0.39 is 6.10 Å². The molecular formula is C15H24N6O2. The van der Waals surface area contributed by atoms with Crippen LogP contribution in [0, 0.1) is 6.92 Å². The van der Waals surface area contributed by atoms with Crippen LogP contribution in [0.4, 0.5) is 0 Å². The fourth-order valence-corrected chi connectivity index (χ4v) is 3.08. The molecule has 23 heavy (non-hydrogen) atoms. The number of aromatic nitrogens is 4. The molecule has 2 aromatic heterocycles. The average molecular weight is 320 g/mol. The highest BCUT2D eigenvalue weighted by atomic mass is 16.5. The van der Waals surface area contributed by atoms with Gasteiger partial charge in [-0.1, -0.05) is 5.16 Å². The van der Waals surface area contributed by atoms with Crippen molar-refractivity contribution in [3.63, 3.8) is 0 Å². The van der Waals surface area contributed by atoms with Crippen molar-refractivity contribution < 1.29 is 9.63 Å². The molecule has 0 bridgehead atoms. The molecular weight excluding hydrogens is 296 g/mol. The lowest BCUT2D eigenvalue weighted by Crippen LogP contribution is -2.37. The minimum atomic E-state index is -0.404. The Kier molecular flexibility index (Phi) is 5.04. The van der Waals surface area contributed by atoms with Gasteiger partial charge in [0, 0.05) is 38.4 Å². The molecule has 8 nitrogen and oxygen atoms in total. The first-order valence-electron chi connectivity index (χ1n) is 7.97. The van der Waals surface area contributed by atoms with E-state index in [1.807, 2.05) is 12.3 Å². The fourth-order valence-electron chi connectivity index (χ4n) is 3.08. The lowest BCUT2D eigenvalue weighted by Gasteiger charge is -2.24. The molecule has 2 atom stereocenters. The molecule has 1 N–H and O–H groups in total. The van der Waals surface area contributed by atoms with Crippen molar-refractivity contribution in [2.45, 2.75) is 38.6 Å². The predicted molar refractivity (Wildman–Crippen MR) is 83.6 cm³/mol. The molecule has 3 heterocycles. The molecule has 0 aromatic carbocycles. The number of rotatable bonds is 7. The van der Waals surface area contributed by atoms with Crippen molar-refractivity contribution in [2.75, 3.05) is 26.7 Å². The quantitative estimate of drug-likeness (QED) is 0.777. The Bertz CT molecular complexity index is 599. The summed E-state index contributed by atoms with van der Waals surface area (Å²) in [6.45, 7) is 5.64. The van der Waals surface area contributed by atoms with Crippen LogP contribution in [-0.2, 0) is 13.1 Å². The van der Waals surface area contributed by atoms with Gasteiger partial charge in [0.15, 0.2) is 5.82 Å². The van der Waals surface area contributed by atoms with Crippen LogP contribution in [0.2, 0.25) is 0 Å². The second kappa shape index (κ2) is 7.20. The number of β-amino-alcohol motifs (C(OH)–C–C–N with tert-alkyl or cyclic N) is 1. The van der Waals surface area contributed by atoms with E-state index in [4.69, 9.17) is 4.52 Å². The Morgan fingerprint density at radius 1 is 1.48 bits per heavy atom. The van der Waals surface area contributed by atoms with E-state index >= 15 is 0 Å². The summed E-state index contributed by atoms with van der Waals surface area (Å²) in [6, 6.07) is 2.32. The third-order valence-electron chi connectivity index (χ3n) is 4.26. The summed E-state index contributed by atoms with van der Waals surface area (Å²) < 4.78 is 6.78. The number of aliphatic hydroxyl groups is 1. The smallest absolute Gasteiger partial charge is 0.223 e. The normalized spacial score (nSPS) is 20.4. The Balaban J connectivity index is 1.44. The van der Waals surface area contributed by atoms with Crippen molar-refractivity contribution in [2.24, 2.45) is 0 Å². The molecule has 1 fully saturated rings. The molecule has 1 aliphatic heterocycles. The number of likely N-dealkylation sites (N-methyl/N-ethyl adjacent to an activating group) is 1. The monoisotopic (exact) mass is 320 g/mol. The molecule has 3 rings (SSSR count). The zero-order valence-corrected chi connectivity index (χ0v) is 13.7. The highest BCUT2D eigenvalue weighted by Gasteiger charge is 2.27. The van der Waals surface area contributed by atoms with E-state index in [0.717, 1.165) is 25.3 Å². The maximum Gasteiger partial charge on any atom is 0.223 e. The van der Waals surface area contributed by atoms with Gasteiger partial charge in [-0.15, -0.1) is 0 Å². The van der Waals surface area contributed by atoms with Crippen molar-refractivity contribution in [1.82, 2.24) is 29.7 Å². The van der Waals surface area contributed by atoms with Crippen LogP contribution in [-0.4, -0.2) is 73.7 Å². The number of hydrogen-bond donors (Lipinski definition) is 1. The maximum atomic E-state index is 10.2. The van der Waals surface area contributed by atoms with E-state index in [1.54, 1.807) is 17.8 Å². The molecule has 1 saturated heterocycles. The number of aryl methyl sites for hydroxylation is 1. The number of hydrogen-bond acceptors (Lipinski definition) is 7. The van der Waals surface area contributed by atoms with Crippen LogP contribution in [0.5, 0.6) is 0 Å². The van der Waals surface area contributed by atoms with Crippen LogP contribution in [0.3, 0.4) is 0 Å². The second-order valence-corrected chi connectivity index (χ2v) is 6.23. The Morgan fingerprint density at radius 3 is 3.04 bits per heavy atom. The summed E-state index contributed by atoms with van der Waals surface area (Å²) in [5.74, 6) is 1.32. The molecule has 2 aromatic rings. The summed E-state index contributed by atoms with van der Waals surface area (Å²) >= 11 is 0. The largest absolute Gasteiger partial charge is 0.390 e. The summed E-state index contributed by atoms with van der Waals surface area (Å²) in [7, 11) is 2.08. The van der Waals surface area contributed by atoms with Gasteiger partial charge in [-0.3, -0.25) is 14.5 Å². The zero-order chi connectivity index (χ0) is 16.2. The zero-order valence-electron chi connectivity index (χ0n) is 13.7. The summed E-state index contributed by atoms with van der Waals surface area (Å²) in [6.07, 6.45) is 4.28. The maximum absolute atomic E-state index is 10.2. The predicted octanol–water partition coefficient (Wildman–Crippen LogP) is 0.142. The third kappa shape index (κ3) is 4.37. The van der Waals surface area contributed by atoms with Crippen LogP contribution in [0.25, 0.3) is 0 Å². The minimum absolute atomic E-state index is 0.404. The molecule has 126 valence electrons. The van der Waals surface area contributed by atoms with Gasteiger partial charge in [-0.05, 0) is 26.1 Å². The SMILES string of the molecule is Cc1nc(CN(C)C2CCN(CC(O)Cn3cccn3)C2)no1. The van der Waals surface area contributed by atoms with Gasteiger partial charge in [0.25, 0.3) is 0 Å². The summed E-state index contributed by atoms with van der Waals surface area (Å²) in [5, 5.41) is 18.3. The first kappa shape index (κ1) is 16.1. The molecule has 8 heteroatoms. The molecule has 0 radical (unpaired) electrons. The van der Waals surface area contributed by atoms with E-state index in [1.165, 1.54) is 0 Å². The average Bonchev–Trinajstić information content (AvgIpc) is 3.22. The first-order chi connectivity index (χ1) is 11.1. The van der Waals surface area contributed by atoms with E-state index in [9.17, 15) is 5.11 Å². The third-order valence-corrected chi connectivity index (χ3v) is 4.26. The molecule has 2 unspecified atom stereocenters. The van der Waals surface area contributed by atoms with Gasteiger partial charge >= 0.3 is 0 Å². The van der Waals surface area contributed by atoms with E-state index in [-0.39, 0.29) is 0 Å². The Labute approximate surface area is 135 Å². The fraction of sp³-hybridized carbons (Fsp3) is 0.667. The van der Waals surface area contributed by atoms with Gasteiger partial charge in [-0.2, -0.15) is 10.1 Å². The Morgan fingerprint density at radius 2 is 2.35 bits per heavy atom. The molecule has 0 amide bonds. The molecule has 0 saturated carbocycles. The van der Waals surface area contributed by atoms with Crippen molar-refractivity contribution in [1.29, 1.82) is 0 Å². The second-order valence-electron chi connectivity index (χ2n) is 6.23. The Hall–Kier alpha value is -1.77. The standard InChI is InChI=1S/C15H24N6O2/c1-12-17-15(18-23-12)11-19(2)13-4-7-20(8-13)9-14(22)10-21-6-3-5-16-21/h3,5-6,13-14,22H,4,7-11H2,1-2H3. The number of nitrogens with zero attached hydrogens (tertiary/aromatic N) is 6. The van der Waals surface area contributed by atoms with Gasteiger partial charge in [-0.25, -0.2) is 0 Å². The van der Waals surface area contributed by atoms with Crippen LogP contribution in [0.15, 0.2) is 23.0 Å². The van der Waals surface area contributed by atoms with E-state index in [0.29, 0.717) is 31.6 Å². The summed E-state index contributed by atoms with van der Waals surface area (Å²) in [5.41, 5.74) is 0. The van der Waals surface area contributed by atoms with E-state index in [2.05, 4.69) is 32.1 Å². The highest BCUT2D eigenvalue weighted by molar-refractivity contribution is 4.88. The summed E-state index contributed by atoms with van der Waals surface area (Å²) in [4.78, 5) is 8.80. The van der Waals surface area contributed by atoms with Gasteiger partial charge in [0.1, 0.15) is 0 Å². The van der Waals surface area contributed by atoms with Gasteiger partial charge in [0.2, 0.25) is 5.89 Å². The van der Waals surface area contributed by atoms with Crippen LogP contribution < -0.4 is 0 Å². The van der Waals surface area contributed by atoms with Crippen LogP contribution in [0.1, 0.15) is 18.1 Å². The highest BCUT2D eigenvalue weighted by Crippen LogP contribution is 2.16. The molecule has 0 spiro atoms.